The molecule has 1 aromatic heterocycles. The van der Waals surface area contributed by atoms with Crippen molar-refractivity contribution in [3.05, 3.63) is 38.2 Å². The number of hydrogen-bond acceptors (Lipinski definition) is 7. The molecule has 1 saturated heterocycles. The van der Waals surface area contributed by atoms with Gasteiger partial charge in [-0.2, -0.15) is 18.2 Å². The maximum absolute atomic E-state index is 13.2. The average Bonchev–Trinajstić information content (AvgIpc) is 2.77. The van der Waals surface area contributed by atoms with Crippen LogP contribution < -0.4 is 10.5 Å². The number of hydrogen-bond donors (Lipinski definition) is 0. The number of anilines is 1. The van der Waals surface area contributed by atoms with Crippen LogP contribution in [0, 0.1) is 27.9 Å². The molecule has 5 fully saturated rings. The Kier molecular flexibility index (Phi) is 4.97. The summed E-state index contributed by atoms with van der Waals surface area (Å²) in [6.45, 7) is 2.96. The molecule has 0 atom stereocenters. The van der Waals surface area contributed by atoms with E-state index in [1.165, 1.54) is 38.5 Å². The Balaban J connectivity index is 1.27. The Morgan fingerprint density at radius 2 is 1.62 bits per heavy atom. The summed E-state index contributed by atoms with van der Waals surface area (Å²) in [7, 11) is 0. The van der Waals surface area contributed by atoms with Crippen molar-refractivity contribution in [2.45, 2.75) is 50.2 Å². The van der Waals surface area contributed by atoms with Crippen LogP contribution >= 0.6 is 11.3 Å². The molecular weight excluding hydrogens is 469 g/mol. The number of aromatic nitrogens is 1. The number of alkyl halides is 3. The second-order valence-corrected chi connectivity index (χ2v) is 11.5. The molecule has 0 unspecified atom stereocenters. The third-order valence-electron chi connectivity index (χ3n) is 8.44. The van der Waals surface area contributed by atoms with Crippen molar-refractivity contribution < 1.29 is 18.1 Å². The first-order chi connectivity index (χ1) is 16.1. The fourth-order valence-corrected chi connectivity index (χ4v) is 8.52. The van der Waals surface area contributed by atoms with Gasteiger partial charge in [-0.15, -0.1) is 0 Å². The number of piperazine rings is 1. The normalized spacial score (nSPS) is 31.4. The summed E-state index contributed by atoms with van der Waals surface area (Å²) in [6.07, 6.45) is 3.16. The van der Waals surface area contributed by atoms with E-state index >= 15 is 0 Å². The molecule has 4 aliphatic carbocycles. The van der Waals surface area contributed by atoms with Crippen LogP contribution in [-0.4, -0.2) is 46.5 Å². The van der Waals surface area contributed by atoms with Crippen LogP contribution in [0.15, 0.2) is 16.9 Å². The molecule has 5 aliphatic rings. The summed E-state index contributed by atoms with van der Waals surface area (Å²) in [5.74, 6) is 2.54. The highest BCUT2D eigenvalue weighted by atomic mass is 32.1. The van der Waals surface area contributed by atoms with Crippen LogP contribution in [0.4, 0.5) is 24.0 Å². The molecule has 0 spiro atoms. The highest BCUT2D eigenvalue weighted by Gasteiger charge is 2.53. The first-order valence-corrected chi connectivity index (χ1v) is 12.6. The molecule has 0 radical (unpaired) electrons. The summed E-state index contributed by atoms with van der Waals surface area (Å²) in [4.78, 5) is 32.0. The van der Waals surface area contributed by atoms with E-state index in [4.69, 9.17) is 0 Å². The Hall–Kier alpha value is -2.27. The lowest BCUT2D eigenvalue weighted by atomic mass is 9.52. The molecule has 34 heavy (non-hydrogen) atoms. The number of rotatable bonds is 3. The highest BCUT2D eigenvalue weighted by molar-refractivity contribution is 7.22. The van der Waals surface area contributed by atoms with E-state index in [1.54, 1.807) is 0 Å². The zero-order chi connectivity index (χ0) is 23.8. The molecule has 1 aromatic carbocycles. The molecule has 1 aliphatic heterocycles. The molecule has 182 valence electrons. The molecule has 0 amide bonds. The van der Waals surface area contributed by atoms with E-state index in [0.717, 1.165) is 42.2 Å². The third-order valence-corrected chi connectivity index (χ3v) is 9.61. The van der Waals surface area contributed by atoms with Gasteiger partial charge in [0.1, 0.15) is 4.70 Å². The number of nitro benzene ring substituents is 1. The van der Waals surface area contributed by atoms with Gasteiger partial charge in [0.25, 0.3) is 11.2 Å². The SMILES string of the molecule is O=c1nc(N2CCN(C34CC5CC(CC(C5)C3)C4)CC2)sc2c([N+](=O)[O-])cc(C(F)(F)F)cc12. The zero-order valence-corrected chi connectivity index (χ0v) is 19.3. The van der Waals surface area contributed by atoms with Gasteiger partial charge in [-0.3, -0.25) is 19.8 Å². The van der Waals surface area contributed by atoms with Gasteiger partial charge in [-0.1, -0.05) is 11.3 Å². The molecule has 11 heteroatoms. The van der Waals surface area contributed by atoms with Crippen LogP contribution in [0.1, 0.15) is 44.1 Å². The van der Waals surface area contributed by atoms with Crippen LogP contribution in [0.2, 0.25) is 0 Å². The molecule has 2 heterocycles. The molecule has 4 saturated carbocycles. The Labute approximate surface area is 197 Å². The number of nitro groups is 1. The molecule has 2 aromatic rings. The lowest BCUT2D eigenvalue weighted by molar-refractivity contribution is -0.383. The molecule has 0 N–H and O–H groups in total. The smallest absolute Gasteiger partial charge is 0.345 e. The average molecular weight is 495 g/mol. The minimum absolute atomic E-state index is 0.0588. The van der Waals surface area contributed by atoms with Gasteiger partial charge in [0.05, 0.1) is 15.9 Å². The lowest BCUT2D eigenvalue weighted by Crippen LogP contribution is -2.64. The van der Waals surface area contributed by atoms with Crippen molar-refractivity contribution in [2.24, 2.45) is 17.8 Å². The summed E-state index contributed by atoms with van der Waals surface area (Å²) < 4.78 is 39.6. The van der Waals surface area contributed by atoms with Gasteiger partial charge in [0.15, 0.2) is 5.13 Å². The standard InChI is InChI=1S/C23H25F3N4O3S/c24-23(25,26)16-8-17-19(18(9-16)30(32)33)34-21(27-20(17)31)28-1-3-29(4-2-28)22-10-13-5-14(11-22)7-15(6-13)12-22/h8-9,13-15H,1-7,10-12H2. The number of halogens is 3. The van der Waals surface area contributed by atoms with E-state index < -0.39 is 27.9 Å². The molecule has 4 bridgehead atoms. The van der Waals surface area contributed by atoms with Crippen LogP contribution in [-0.2, 0) is 6.18 Å². The third kappa shape index (κ3) is 3.59. The quantitative estimate of drug-likeness (QED) is 0.456. The van der Waals surface area contributed by atoms with Crippen LogP contribution in [0.3, 0.4) is 0 Å². The van der Waals surface area contributed by atoms with Crippen molar-refractivity contribution in [2.75, 3.05) is 31.1 Å². The monoisotopic (exact) mass is 494 g/mol. The minimum atomic E-state index is -4.79. The summed E-state index contributed by atoms with van der Waals surface area (Å²) in [5, 5.41) is 11.5. The highest BCUT2D eigenvalue weighted by Crippen LogP contribution is 2.58. The van der Waals surface area contributed by atoms with Crippen molar-refractivity contribution in [1.29, 1.82) is 0 Å². The largest absolute Gasteiger partial charge is 0.416 e. The van der Waals surface area contributed by atoms with Gasteiger partial charge < -0.3 is 4.90 Å². The summed E-state index contributed by atoms with van der Waals surface area (Å²) in [6, 6.07) is 1.18. The number of fused-ring (bicyclic) bond motifs is 1. The van der Waals surface area contributed by atoms with E-state index in [2.05, 4.69) is 9.88 Å². The Morgan fingerprint density at radius 1 is 1.03 bits per heavy atom. The number of benzene rings is 1. The predicted octanol–water partition coefficient (Wildman–Crippen LogP) is 4.67. The predicted molar refractivity (Wildman–Crippen MR) is 122 cm³/mol. The van der Waals surface area contributed by atoms with E-state index in [9.17, 15) is 28.1 Å². The van der Waals surface area contributed by atoms with E-state index in [-0.39, 0.29) is 15.6 Å². The van der Waals surface area contributed by atoms with Gasteiger partial charge in [0.2, 0.25) is 0 Å². The number of nitrogens with zero attached hydrogens (tertiary/aromatic N) is 4. The van der Waals surface area contributed by atoms with Gasteiger partial charge in [0, 0.05) is 37.8 Å². The molecule has 7 nitrogen and oxygen atoms in total. The summed E-state index contributed by atoms with van der Waals surface area (Å²) in [5.41, 5.74) is -2.49. The van der Waals surface area contributed by atoms with E-state index in [0.29, 0.717) is 30.4 Å². The van der Waals surface area contributed by atoms with Gasteiger partial charge >= 0.3 is 6.18 Å². The summed E-state index contributed by atoms with van der Waals surface area (Å²) >= 11 is 0.930. The maximum atomic E-state index is 13.2. The topological polar surface area (TPSA) is 79.6 Å². The van der Waals surface area contributed by atoms with Gasteiger partial charge in [-0.05, 0) is 62.3 Å². The molecular formula is C23H25F3N4O3S. The first kappa shape index (κ1) is 22.2. The Morgan fingerprint density at radius 3 is 2.15 bits per heavy atom. The van der Waals surface area contributed by atoms with Crippen molar-refractivity contribution in [1.82, 2.24) is 9.88 Å². The minimum Gasteiger partial charge on any atom is -0.345 e. The first-order valence-electron chi connectivity index (χ1n) is 11.8. The Bertz CT molecular complexity index is 1190. The van der Waals surface area contributed by atoms with Crippen molar-refractivity contribution in [3.8, 4) is 0 Å². The van der Waals surface area contributed by atoms with E-state index in [1.807, 2.05) is 4.90 Å². The maximum Gasteiger partial charge on any atom is 0.416 e. The second-order valence-electron chi connectivity index (χ2n) is 10.5. The lowest BCUT2D eigenvalue weighted by Gasteiger charge is -2.61. The fraction of sp³-hybridized carbons (Fsp3) is 0.652. The van der Waals surface area contributed by atoms with Gasteiger partial charge in [-0.25, -0.2) is 0 Å². The zero-order valence-electron chi connectivity index (χ0n) is 18.5. The second kappa shape index (κ2) is 7.61. The van der Waals surface area contributed by atoms with Crippen LogP contribution in [0.25, 0.3) is 10.1 Å². The van der Waals surface area contributed by atoms with Crippen molar-refractivity contribution >= 4 is 32.2 Å². The van der Waals surface area contributed by atoms with Crippen molar-refractivity contribution in [3.63, 3.8) is 0 Å². The number of non-ortho nitro benzene ring substituents is 1. The molecule has 7 rings (SSSR count). The van der Waals surface area contributed by atoms with Crippen LogP contribution in [0.5, 0.6) is 0 Å². The fourth-order valence-electron chi connectivity index (χ4n) is 7.40.